The van der Waals surface area contributed by atoms with E-state index in [1.165, 1.54) is 0 Å². The van der Waals surface area contributed by atoms with Crippen LogP contribution in [-0.2, 0) is 15.0 Å². The van der Waals surface area contributed by atoms with Crippen LogP contribution in [0.15, 0.2) is 91.0 Å². The first-order valence-electron chi connectivity index (χ1n) is 13.4. The molecule has 2 aliphatic heterocycles. The number of benzene rings is 4. The summed E-state index contributed by atoms with van der Waals surface area (Å²) in [5, 5.41) is 0. The number of hydrogen-bond donors (Lipinski definition) is 0. The average molecular weight is 535 g/mol. The van der Waals surface area contributed by atoms with Crippen molar-refractivity contribution in [3.05, 3.63) is 119 Å². The van der Waals surface area contributed by atoms with Crippen molar-refractivity contribution in [2.75, 3.05) is 13.2 Å². The van der Waals surface area contributed by atoms with E-state index in [1.807, 2.05) is 84.9 Å². The summed E-state index contributed by atoms with van der Waals surface area (Å²) in [5.74, 6) is 1.23. The van der Waals surface area contributed by atoms with Crippen LogP contribution in [0.1, 0.15) is 60.4 Å². The van der Waals surface area contributed by atoms with Gasteiger partial charge in [0.25, 0.3) is 0 Å². The van der Waals surface area contributed by atoms with Crippen molar-refractivity contribution >= 4 is 11.9 Å². The number of esters is 2. The summed E-state index contributed by atoms with van der Waals surface area (Å²) in [5.41, 5.74) is 4.65. The maximum absolute atomic E-state index is 12.7. The molecule has 0 N–H and O–H groups in total. The molecule has 2 heterocycles. The van der Waals surface area contributed by atoms with E-state index in [2.05, 4.69) is 26.8 Å². The number of fused-ring (bicyclic) bond motifs is 2. The molecule has 4 aromatic carbocycles. The largest absolute Gasteiger partial charge is 0.490 e. The number of carbonyl (C=O) groups is 2. The molecule has 2 atom stereocenters. The summed E-state index contributed by atoms with van der Waals surface area (Å²) in [7, 11) is 0. The van der Waals surface area contributed by atoms with E-state index < -0.39 is 11.8 Å². The Labute approximate surface area is 233 Å². The smallest absolute Gasteiger partial charge is 0.323 e. The molecule has 0 saturated carbocycles. The Morgan fingerprint density at radius 1 is 0.625 bits per heavy atom. The number of ether oxygens (including phenoxy) is 4. The molecule has 202 valence electrons. The molecule has 2 aliphatic rings. The van der Waals surface area contributed by atoms with Gasteiger partial charge >= 0.3 is 11.9 Å². The molecule has 4 aromatic rings. The van der Waals surface area contributed by atoms with Crippen LogP contribution in [0, 0.1) is 0 Å². The summed E-state index contributed by atoms with van der Waals surface area (Å²) in [6.45, 7) is 7.17. The van der Waals surface area contributed by atoms with Crippen LogP contribution in [0.25, 0.3) is 0 Å². The predicted octanol–water partition coefficient (Wildman–Crippen LogP) is 6.54. The van der Waals surface area contributed by atoms with Crippen LogP contribution in [0.3, 0.4) is 0 Å². The van der Waals surface area contributed by atoms with E-state index >= 15 is 0 Å². The third kappa shape index (κ3) is 4.93. The van der Waals surface area contributed by atoms with E-state index in [-0.39, 0.29) is 17.4 Å². The normalized spacial score (nSPS) is 17.6. The summed E-state index contributed by atoms with van der Waals surface area (Å²) in [6, 6.07) is 28.5. The van der Waals surface area contributed by atoms with Gasteiger partial charge in [-0.3, -0.25) is 9.59 Å². The Morgan fingerprint density at radius 3 is 1.68 bits per heavy atom. The van der Waals surface area contributed by atoms with Crippen molar-refractivity contribution in [3.8, 4) is 23.0 Å². The molecule has 0 amide bonds. The third-order valence-electron chi connectivity index (χ3n) is 7.36. The molecule has 0 aliphatic carbocycles. The zero-order chi connectivity index (χ0) is 27.9. The van der Waals surface area contributed by atoms with Gasteiger partial charge in [0.05, 0.1) is 0 Å². The van der Waals surface area contributed by atoms with Crippen LogP contribution in [-0.4, -0.2) is 25.2 Å². The lowest BCUT2D eigenvalue weighted by molar-refractivity contribution is -0.134. The highest BCUT2D eigenvalue weighted by molar-refractivity contribution is 5.90. The lowest BCUT2D eigenvalue weighted by Crippen LogP contribution is -2.13. The predicted molar refractivity (Wildman–Crippen MR) is 150 cm³/mol. The lowest BCUT2D eigenvalue weighted by atomic mass is 9.83. The third-order valence-corrected chi connectivity index (χ3v) is 7.36. The first kappa shape index (κ1) is 25.7. The van der Waals surface area contributed by atoms with Crippen molar-refractivity contribution in [1.82, 2.24) is 0 Å². The van der Waals surface area contributed by atoms with Gasteiger partial charge in [-0.05, 0) is 58.5 Å². The maximum atomic E-state index is 12.7. The van der Waals surface area contributed by atoms with Crippen LogP contribution >= 0.6 is 0 Å². The summed E-state index contributed by atoms with van der Waals surface area (Å²) < 4.78 is 22.6. The Morgan fingerprint density at radius 2 is 1.12 bits per heavy atom. The molecule has 0 aromatic heterocycles. The summed E-state index contributed by atoms with van der Waals surface area (Å²) in [6.07, 6.45) is 0. The first-order valence-corrected chi connectivity index (χ1v) is 13.4. The van der Waals surface area contributed by atoms with Crippen molar-refractivity contribution in [1.29, 1.82) is 0 Å². The average Bonchev–Trinajstić information content (AvgIpc) is 3.46. The zero-order valence-electron chi connectivity index (χ0n) is 22.7. The number of hydrogen-bond acceptors (Lipinski definition) is 6. The second-order valence-corrected chi connectivity index (χ2v) is 11.1. The molecular weight excluding hydrogens is 504 g/mol. The van der Waals surface area contributed by atoms with Gasteiger partial charge in [0, 0.05) is 11.1 Å². The van der Waals surface area contributed by atoms with Gasteiger partial charge in [0.2, 0.25) is 0 Å². The molecule has 0 bridgehead atoms. The van der Waals surface area contributed by atoms with Crippen LogP contribution in [0.5, 0.6) is 23.0 Å². The van der Waals surface area contributed by atoms with E-state index in [4.69, 9.17) is 18.9 Å². The highest BCUT2D eigenvalue weighted by Crippen LogP contribution is 2.42. The van der Waals surface area contributed by atoms with Crippen molar-refractivity contribution in [2.24, 2.45) is 0 Å². The van der Waals surface area contributed by atoms with E-state index in [0.29, 0.717) is 36.2 Å². The standard InChI is InChI=1S/C34H30O6/c1-34(2,3)23-12-17-29-27(20-23)31(33(36)40-29)22-10-15-25(16-11-22)38-19-18-37-24-13-8-21(9-14-24)30-26-6-4-5-7-28(26)39-32(30)35/h4-17,20,30-31H,18-19H2,1-3H3. The number of para-hydroxylation sites is 1. The molecule has 6 rings (SSSR count). The van der Waals surface area contributed by atoms with E-state index in [9.17, 15) is 9.59 Å². The van der Waals surface area contributed by atoms with Crippen molar-refractivity contribution in [3.63, 3.8) is 0 Å². The van der Waals surface area contributed by atoms with Crippen LogP contribution in [0.2, 0.25) is 0 Å². The fourth-order valence-corrected chi connectivity index (χ4v) is 5.20. The number of rotatable bonds is 7. The molecule has 0 spiro atoms. The van der Waals surface area contributed by atoms with Gasteiger partial charge in [0.1, 0.15) is 48.0 Å². The second-order valence-electron chi connectivity index (χ2n) is 11.1. The minimum Gasteiger partial charge on any atom is -0.490 e. The molecule has 2 unspecified atom stereocenters. The SMILES string of the molecule is CC(C)(C)c1ccc2c(c1)C(c1ccc(OCCOc3ccc(C4C(=O)Oc5ccccc54)cc3)cc1)C(=O)O2. The van der Waals surface area contributed by atoms with Gasteiger partial charge < -0.3 is 18.9 Å². The second kappa shape index (κ2) is 10.2. The minimum atomic E-state index is -0.447. The molecular formula is C34H30O6. The summed E-state index contributed by atoms with van der Waals surface area (Å²) in [4.78, 5) is 25.1. The molecule has 6 heteroatoms. The van der Waals surface area contributed by atoms with E-state index in [1.54, 1.807) is 0 Å². The monoisotopic (exact) mass is 534 g/mol. The molecule has 0 fully saturated rings. The van der Waals surface area contributed by atoms with Gasteiger partial charge in [0.15, 0.2) is 0 Å². The van der Waals surface area contributed by atoms with Crippen molar-refractivity contribution in [2.45, 2.75) is 38.0 Å². The minimum absolute atomic E-state index is 0.0246. The quantitative estimate of drug-likeness (QED) is 0.152. The first-order chi connectivity index (χ1) is 19.3. The van der Waals surface area contributed by atoms with Crippen LogP contribution in [0.4, 0.5) is 0 Å². The molecule has 40 heavy (non-hydrogen) atoms. The van der Waals surface area contributed by atoms with Gasteiger partial charge in [-0.15, -0.1) is 0 Å². The Kier molecular flexibility index (Phi) is 6.54. The summed E-state index contributed by atoms with van der Waals surface area (Å²) >= 11 is 0. The van der Waals surface area contributed by atoms with E-state index in [0.717, 1.165) is 27.8 Å². The topological polar surface area (TPSA) is 71.1 Å². The lowest BCUT2D eigenvalue weighted by Gasteiger charge is -2.20. The highest BCUT2D eigenvalue weighted by Gasteiger charge is 2.36. The molecule has 6 nitrogen and oxygen atoms in total. The Balaban J connectivity index is 1.04. The Bertz CT molecular complexity index is 1560. The Hall–Kier alpha value is -4.58. The fourth-order valence-electron chi connectivity index (χ4n) is 5.20. The van der Waals surface area contributed by atoms with Gasteiger partial charge in [-0.2, -0.15) is 0 Å². The molecule has 0 saturated heterocycles. The maximum Gasteiger partial charge on any atom is 0.323 e. The van der Waals surface area contributed by atoms with Crippen LogP contribution < -0.4 is 18.9 Å². The fraction of sp³-hybridized carbons (Fsp3) is 0.235. The van der Waals surface area contributed by atoms with Crippen molar-refractivity contribution < 1.29 is 28.5 Å². The molecule has 0 radical (unpaired) electrons. The zero-order valence-corrected chi connectivity index (χ0v) is 22.7. The number of carbonyl (C=O) groups excluding carboxylic acids is 2. The van der Waals surface area contributed by atoms with Gasteiger partial charge in [-0.1, -0.05) is 75.4 Å². The highest BCUT2D eigenvalue weighted by atomic mass is 16.5. The van der Waals surface area contributed by atoms with Gasteiger partial charge in [-0.25, -0.2) is 0 Å².